The number of nitrogens with zero attached hydrogens (tertiary/aromatic N) is 6. The largest absolute Gasteiger partial charge is 0.371 e. The molecule has 3 aromatic rings. The molecule has 10 nitrogen and oxygen atoms in total. The third kappa shape index (κ3) is 4.20. The third-order valence-corrected chi connectivity index (χ3v) is 5.19. The number of piperidine rings is 1. The van der Waals surface area contributed by atoms with E-state index in [2.05, 4.69) is 25.7 Å². The number of halogens is 1. The van der Waals surface area contributed by atoms with E-state index >= 15 is 0 Å². The number of hydrogen-bond donors (Lipinski definition) is 1. The molecule has 11 heteroatoms. The molecule has 1 amide bonds. The first-order chi connectivity index (χ1) is 14.9. The summed E-state index contributed by atoms with van der Waals surface area (Å²) in [5, 5.41) is 25.0. The van der Waals surface area contributed by atoms with Gasteiger partial charge in [-0.2, -0.15) is 4.68 Å². The van der Waals surface area contributed by atoms with Crippen LogP contribution in [0.5, 0.6) is 0 Å². The van der Waals surface area contributed by atoms with E-state index in [-0.39, 0.29) is 16.9 Å². The van der Waals surface area contributed by atoms with Crippen molar-refractivity contribution >= 4 is 23.0 Å². The lowest BCUT2D eigenvalue weighted by molar-refractivity contribution is -0.384. The minimum atomic E-state index is -0.558. The highest BCUT2D eigenvalue weighted by Gasteiger charge is 2.22. The van der Waals surface area contributed by atoms with Gasteiger partial charge in [0.05, 0.1) is 16.2 Å². The number of carbonyl (C=O) groups excluding carboxylic acids is 1. The fourth-order valence-electron chi connectivity index (χ4n) is 3.64. The molecule has 1 saturated heterocycles. The van der Waals surface area contributed by atoms with Crippen molar-refractivity contribution in [2.24, 2.45) is 0 Å². The monoisotopic (exact) mass is 425 g/mol. The Morgan fingerprint density at radius 2 is 1.90 bits per heavy atom. The smallest absolute Gasteiger partial charge is 0.270 e. The molecule has 0 radical (unpaired) electrons. The van der Waals surface area contributed by atoms with Crippen molar-refractivity contribution in [3.63, 3.8) is 0 Å². The van der Waals surface area contributed by atoms with E-state index < -0.39 is 16.6 Å². The van der Waals surface area contributed by atoms with E-state index in [4.69, 9.17) is 0 Å². The maximum atomic E-state index is 14.3. The van der Waals surface area contributed by atoms with Crippen molar-refractivity contribution in [2.45, 2.75) is 26.2 Å². The quantitative estimate of drug-likeness (QED) is 0.492. The molecule has 1 aliphatic rings. The fourth-order valence-corrected chi connectivity index (χ4v) is 3.64. The molecule has 1 N–H and O–H groups in total. The number of nitro benzene ring substituents is 1. The summed E-state index contributed by atoms with van der Waals surface area (Å²) in [6.45, 7) is 3.17. The van der Waals surface area contributed by atoms with Gasteiger partial charge in [0.25, 0.3) is 11.6 Å². The van der Waals surface area contributed by atoms with Crippen molar-refractivity contribution in [1.29, 1.82) is 0 Å². The third-order valence-electron chi connectivity index (χ3n) is 5.19. The first-order valence-corrected chi connectivity index (χ1v) is 9.83. The second kappa shape index (κ2) is 8.46. The number of nitrogens with one attached hydrogen (secondary N) is 1. The zero-order valence-electron chi connectivity index (χ0n) is 16.8. The maximum Gasteiger partial charge on any atom is 0.270 e. The summed E-state index contributed by atoms with van der Waals surface area (Å²) in [5.41, 5.74) is 1.06. The molecule has 2 aromatic carbocycles. The van der Waals surface area contributed by atoms with Gasteiger partial charge in [-0.3, -0.25) is 14.9 Å². The Morgan fingerprint density at radius 3 is 2.58 bits per heavy atom. The van der Waals surface area contributed by atoms with Gasteiger partial charge in [0.1, 0.15) is 11.5 Å². The average Bonchev–Trinajstić information content (AvgIpc) is 3.20. The number of hydrogen-bond acceptors (Lipinski definition) is 7. The van der Waals surface area contributed by atoms with E-state index in [1.807, 2.05) is 0 Å². The molecule has 0 atom stereocenters. The number of rotatable bonds is 5. The Balaban J connectivity index is 1.67. The Morgan fingerprint density at radius 1 is 1.13 bits per heavy atom. The summed E-state index contributed by atoms with van der Waals surface area (Å²) in [5.74, 6) is -0.693. The normalized spacial score (nSPS) is 13.8. The lowest BCUT2D eigenvalue weighted by Crippen LogP contribution is -2.31. The van der Waals surface area contributed by atoms with Crippen LogP contribution < -0.4 is 10.2 Å². The van der Waals surface area contributed by atoms with E-state index in [0.717, 1.165) is 32.4 Å². The predicted molar refractivity (Wildman–Crippen MR) is 111 cm³/mol. The molecule has 1 aliphatic heterocycles. The van der Waals surface area contributed by atoms with Crippen LogP contribution in [0, 0.1) is 22.9 Å². The average molecular weight is 425 g/mol. The number of anilines is 2. The van der Waals surface area contributed by atoms with E-state index in [0.29, 0.717) is 17.2 Å². The van der Waals surface area contributed by atoms with Crippen LogP contribution in [0.2, 0.25) is 0 Å². The Hall–Kier alpha value is -3.89. The van der Waals surface area contributed by atoms with Crippen LogP contribution in [0.25, 0.3) is 5.69 Å². The van der Waals surface area contributed by atoms with Crippen molar-refractivity contribution < 1.29 is 14.1 Å². The minimum Gasteiger partial charge on any atom is -0.371 e. The number of nitro groups is 1. The molecule has 0 aliphatic carbocycles. The summed E-state index contributed by atoms with van der Waals surface area (Å²) in [6, 6.07) is 8.30. The number of carbonyl (C=O) groups is 1. The minimum absolute atomic E-state index is 0.0793. The fraction of sp³-hybridized carbons (Fsp3) is 0.300. The summed E-state index contributed by atoms with van der Waals surface area (Å²) in [6.07, 6.45) is 3.09. The van der Waals surface area contributed by atoms with Gasteiger partial charge in [-0.15, -0.1) is 5.10 Å². The first kappa shape index (κ1) is 20.4. The zero-order chi connectivity index (χ0) is 22.0. The van der Waals surface area contributed by atoms with Crippen molar-refractivity contribution in [2.75, 3.05) is 23.3 Å². The van der Waals surface area contributed by atoms with Gasteiger partial charge in [-0.1, -0.05) is 0 Å². The van der Waals surface area contributed by atoms with Crippen LogP contribution in [-0.2, 0) is 0 Å². The Kier molecular flexibility index (Phi) is 5.56. The van der Waals surface area contributed by atoms with Gasteiger partial charge in [0, 0.05) is 30.9 Å². The number of non-ortho nitro benzene ring substituents is 1. The van der Waals surface area contributed by atoms with E-state index in [9.17, 15) is 19.3 Å². The predicted octanol–water partition coefficient (Wildman–Crippen LogP) is 3.26. The van der Waals surface area contributed by atoms with Gasteiger partial charge in [0.15, 0.2) is 5.82 Å². The number of benzene rings is 2. The number of aromatic nitrogens is 4. The highest BCUT2D eigenvalue weighted by atomic mass is 19.1. The molecule has 0 saturated carbocycles. The number of tetrazole rings is 1. The van der Waals surface area contributed by atoms with Gasteiger partial charge >= 0.3 is 0 Å². The highest BCUT2D eigenvalue weighted by molar-refractivity contribution is 6.08. The number of amides is 1. The lowest BCUT2D eigenvalue weighted by atomic mass is 10.1. The van der Waals surface area contributed by atoms with Crippen LogP contribution in [0.15, 0.2) is 36.4 Å². The van der Waals surface area contributed by atoms with Gasteiger partial charge in [-0.25, -0.2) is 4.39 Å². The lowest BCUT2D eigenvalue weighted by Gasteiger charge is -2.30. The molecular weight excluding hydrogens is 405 g/mol. The number of aryl methyl sites for hydroxylation is 1. The summed E-state index contributed by atoms with van der Waals surface area (Å²) in [4.78, 5) is 25.9. The Labute approximate surface area is 176 Å². The summed E-state index contributed by atoms with van der Waals surface area (Å²) in [7, 11) is 0. The molecule has 1 aromatic heterocycles. The molecule has 160 valence electrons. The first-order valence-electron chi connectivity index (χ1n) is 9.83. The van der Waals surface area contributed by atoms with Crippen LogP contribution in [0.3, 0.4) is 0 Å². The van der Waals surface area contributed by atoms with Crippen LogP contribution in [-0.4, -0.2) is 44.1 Å². The SMILES string of the molecule is Cc1nnnn1-c1cc(NC(=O)c2cc([N+](=O)[O-])ccc2N2CCCCC2)ccc1F. The molecule has 2 heterocycles. The molecule has 4 rings (SSSR count). The second-order valence-corrected chi connectivity index (χ2v) is 7.26. The zero-order valence-corrected chi connectivity index (χ0v) is 16.8. The molecule has 0 bridgehead atoms. The molecule has 31 heavy (non-hydrogen) atoms. The van der Waals surface area contributed by atoms with Gasteiger partial charge in [-0.05, 0) is 60.9 Å². The second-order valence-electron chi connectivity index (χ2n) is 7.26. The van der Waals surface area contributed by atoms with Crippen LogP contribution in [0.4, 0.5) is 21.5 Å². The topological polar surface area (TPSA) is 119 Å². The van der Waals surface area contributed by atoms with E-state index in [1.165, 1.54) is 35.0 Å². The summed E-state index contributed by atoms with van der Waals surface area (Å²) < 4.78 is 15.5. The van der Waals surface area contributed by atoms with Gasteiger partial charge in [0.2, 0.25) is 0 Å². The summed E-state index contributed by atoms with van der Waals surface area (Å²) >= 11 is 0. The van der Waals surface area contributed by atoms with E-state index in [1.54, 1.807) is 13.0 Å². The Bertz CT molecular complexity index is 1140. The van der Waals surface area contributed by atoms with Crippen molar-refractivity contribution in [3.8, 4) is 5.69 Å². The molecule has 0 unspecified atom stereocenters. The molecule has 0 spiro atoms. The standard InChI is InChI=1S/C20H20FN7O3/c1-13-23-24-25-27(13)19-11-14(5-7-17(19)21)22-20(29)16-12-15(28(30)31)6-8-18(16)26-9-3-2-4-10-26/h5-8,11-12H,2-4,9-10H2,1H3,(H,22,29). The van der Waals surface area contributed by atoms with Crippen molar-refractivity contribution in [1.82, 2.24) is 20.2 Å². The van der Waals surface area contributed by atoms with Gasteiger partial charge < -0.3 is 10.2 Å². The van der Waals surface area contributed by atoms with Crippen molar-refractivity contribution in [3.05, 3.63) is 63.7 Å². The molecular formula is C20H20FN7O3. The molecule has 1 fully saturated rings. The van der Waals surface area contributed by atoms with Crippen LogP contribution in [0.1, 0.15) is 35.4 Å². The maximum absolute atomic E-state index is 14.3. The van der Waals surface area contributed by atoms with Crippen LogP contribution >= 0.6 is 0 Å². The highest BCUT2D eigenvalue weighted by Crippen LogP contribution is 2.29.